The van der Waals surface area contributed by atoms with Crippen molar-refractivity contribution in [3.05, 3.63) is 64.1 Å². The third kappa shape index (κ3) is 5.07. The summed E-state index contributed by atoms with van der Waals surface area (Å²) in [6.45, 7) is 3.96. The van der Waals surface area contributed by atoms with Gasteiger partial charge in [-0.05, 0) is 42.3 Å². The number of alkyl halides is 3. The van der Waals surface area contributed by atoms with Crippen molar-refractivity contribution in [2.45, 2.75) is 35.7 Å². The van der Waals surface area contributed by atoms with E-state index in [4.69, 9.17) is 9.90 Å². The van der Waals surface area contributed by atoms with E-state index in [-0.39, 0.29) is 5.92 Å². The SMILES string of the molecule is Cc1ncsc1CN1CC2c3cc(-c4ccc(F)nc4)ccc3S(=O)(=O)C2C1.O=C(O)C(F)(F)F. The van der Waals surface area contributed by atoms with Crippen LogP contribution in [0.5, 0.6) is 0 Å². The number of carboxylic acid groups (broad SMARTS) is 1. The van der Waals surface area contributed by atoms with Gasteiger partial charge in [0, 0.05) is 42.2 Å². The number of aromatic nitrogens is 2. The van der Waals surface area contributed by atoms with Gasteiger partial charge < -0.3 is 5.11 Å². The van der Waals surface area contributed by atoms with Gasteiger partial charge in [0.05, 0.1) is 21.3 Å². The Morgan fingerprint density at radius 3 is 2.43 bits per heavy atom. The summed E-state index contributed by atoms with van der Waals surface area (Å²) in [7, 11) is -3.34. The fraction of sp³-hybridized carbons (Fsp3) is 0.318. The Morgan fingerprint density at radius 2 is 1.86 bits per heavy atom. The Balaban J connectivity index is 0.000000364. The van der Waals surface area contributed by atoms with Gasteiger partial charge in [-0.15, -0.1) is 11.3 Å². The van der Waals surface area contributed by atoms with Crippen molar-refractivity contribution in [1.82, 2.24) is 14.9 Å². The number of benzene rings is 1. The second kappa shape index (κ2) is 9.28. The normalized spacial score (nSPS) is 20.6. The monoisotopic (exact) mass is 529 g/mol. The van der Waals surface area contributed by atoms with Crippen LogP contribution in [0.1, 0.15) is 22.1 Å². The molecule has 0 bridgehead atoms. The van der Waals surface area contributed by atoms with Crippen LogP contribution in [-0.2, 0) is 21.2 Å². The lowest BCUT2D eigenvalue weighted by molar-refractivity contribution is -0.192. The van der Waals surface area contributed by atoms with E-state index in [0.717, 1.165) is 28.9 Å². The summed E-state index contributed by atoms with van der Waals surface area (Å²) in [6, 6.07) is 8.40. The first-order valence-corrected chi connectivity index (χ1v) is 12.7. The molecule has 4 heterocycles. The molecule has 5 rings (SSSR count). The molecule has 3 aromatic rings. The number of thiazole rings is 1. The minimum Gasteiger partial charge on any atom is -0.475 e. The molecule has 13 heteroatoms. The molecule has 2 atom stereocenters. The van der Waals surface area contributed by atoms with Crippen LogP contribution in [0.15, 0.2) is 46.9 Å². The maximum Gasteiger partial charge on any atom is 0.490 e. The standard InChI is InChI=1S/C20H18FN3O2S2.C2HF3O2/c1-12-17(27-11-23-12)9-24-8-16-15-6-13(14-3-5-20(21)22-7-14)2-4-18(15)28(25,26)19(16)10-24;3-2(4,5)1(6)7/h2-7,11,16,19H,8-10H2,1H3;(H,6,7). The zero-order valence-corrected chi connectivity index (χ0v) is 19.8. The molecule has 2 unspecified atom stereocenters. The maximum absolute atomic E-state index is 13.1. The molecule has 1 aromatic carbocycles. The Hall–Kier alpha value is -2.90. The van der Waals surface area contributed by atoms with Crippen LogP contribution in [0.2, 0.25) is 0 Å². The van der Waals surface area contributed by atoms with Crippen molar-refractivity contribution in [3.8, 4) is 11.1 Å². The van der Waals surface area contributed by atoms with Crippen molar-refractivity contribution in [3.63, 3.8) is 0 Å². The molecule has 35 heavy (non-hydrogen) atoms. The molecule has 186 valence electrons. The van der Waals surface area contributed by atoms with Crippen molar-refractivity contribution in [2.24, 2.45) is 0 Å². The third-order valence-electron chi connectivity index (χ3n) is 5.97. The first-order valence-electron chi connectivity index (χ1n) is 10.3. The Bertz CT molecular complexity index is 1360. The van der Waals surface area contributed by atoms with Gasteiger partial charge in [-0.3, -0.25) is 4.90 Å². The van der Waals surface area contributed by atoms with Gasteiger partial charge in [0.25, 0.3) is 0 Å². The highest BCUT2D eigenvalue weighted by atomic mass is 32.2. The highest BCUT2D eigenvalue weighted by Crippen LogP contribution is 2.46. The molecule has 1 fully saturated rings. The summed E-state index contributed by atoms with van der Waals surface area (Å²) < 4.78 is 71.0. The maximum atomic E-state index is 13.1. The molecule has 0 aliphatic carbocycles. The number of sulfone groups is 1. The number of nitrogens with zero attached hydrogens (tertiary/aromatic N) is 3. The van der Waals surface area contributed by atoms with E-state index < -0.39 is 33.2 Å². The van der Waals surface area contributed by atoms with Crippen molar-refractivity contribution in [1.29, 1.82) is 0 Å². The lowest BCUT2D eigenvalue weighted by Gasteiger charge is -2.17. The van der Waals surface area contributed by atoms with Crippen LogP contribution in [0, 0.1) is 12.9 Å². The van der Waals surface area contributed by atoms with Crippen LogP contribution >= 0.6 is 11.3 Å². The number of aliphatic carboxylic acids is 1. The molecular weight excluding hydrogens is 510 g/mol. The minimum absolute atomic E-state index is 0.0402. The van der Waals surface area contributed by atoms with Gasteiger partial charge in [0.15, 0.2) is 9.84 Å². The van der Waals surface area contributed by atoms with Crippen LogP contribution in [-0.4, -0.2) is 58.9 Å². The number of aryl methyl sites for hydroxylation is 1. The average molecular weight is 530 g/mol. The summed E-state index contributed by atoms with van der Waals surface area (Å²) in [5, 5.41) is 6.72. The van der Waals surface area contributed by atoms with E-state index in [9.17, 15) is 26.0 Å². The van der Waals surface area contributed by atoms with Gasteiger partial charge in [0.2, 0.25) is 5.95 Å². The van der Waals surface area contributed by atoms with Gasteiger partial charge in [0.1, 0.15) is 0 Å². The quantitative estimate of drug-likeness (QED) is 0.404. The van der Waals surface area contributed by atoms with E-state index in [1.807, 2.05) is 18.5 Å². The molecule has 2 aliphatic rings. The van der Waals surface area contributed by atoms with Gasteiger partial charge >= 0.3 is 12.1 Å². The summed E-state index contributed by atoms with van der Waals surface area (Å²) in [5.74, 6) is -3.33. The van der Waals surface area contributed by atoms with Gasteiger partial charge in [-0.2, -0.15) is 17.6 Å². The largest absolute Gasteiger partial charge is 0.490 e. The van der Waals surface area contributed by atoms with E-state index in [1.54, 1.807) is 29.5 Å². The number of carbonyl (C=O) groups is 1. The van der Waals surface area contributed by atoms with Gasteiger partial charge in [-0.1, -0.05) is 6.07 Å². The first-order chi connectivity index (χ1) is 16.4. The van der Waals surface area contributed by atoms with Crippen molar-refractivity contribution >= 4 is 27.1 Å². The number of hydrogen-bond acceptors (Lipinski definition) is 7. The topological polar surface area (TPSA) is 100 Å². The number of likely N-dealkylation sites (tertiary alicyclic amines) is 1. The highest BCUT2D eigenvalue weighted by molar-refractivity contribution is 7.92. The number of halogens is 4. The molecular formula is C22H19F4N3O4S2. The number of hydrogen-bond donors (Lipinski definition) is 1. The molecule has 0 amide bonds. The number of carboxylic acids is 1. The van der Waals surface area contributed by atoms with E-state index >= 15 is 0 Å². The third-order valence-corrected chi connectivity index (χ3v) is 9.15. The van der Waals surface area contributed by atoms with Crippen LogP contribution < -0.4 is 0 Å². The van der Waals surface area contributed by atoms with Gasteiger partial charge in [-0.25, -0.2) is 23.2 Å². The number of pyridine rings is 1. The smallest absolute Gasteiger partial charge is 0.475 e. The van der Waals surface area contributed by atoms with Crippen molar-refractivity contribution in [2.75, 3.05) is 13.1 Å². The lowest BCUT2D eigenvalue weighted by atomic mass is 9.95. The number of rotatable bonds is 3. The molecule has 2 aromatic heterocycles. The molecule has 0 radical (unpaired) electrons. The molecule has 2 aliphatic heterocycles. The highest BCUT2D eigenvalue weighted by Gasteiger charge is 2.50. The minimum atomic E-state index is -5.08. The second-order valence-electron chi connectivity index (χ2n) is 8.17. The van der Waals surface area contributed by atoms with E-state index in [2.05, 4.69) is 14.9 Å². The predicted molar refractivity (Wildman–Crippen MR) is 119 cm³/mol. The predicted octanol–water partition coefficient (Wildman–Crippen LogP) is 4.04. The summed E-state index contributed by atoms with van der Waals surface area (Å²) in [5.41, 5.74) is 5.35. The summed E-state index contributed by atoms with van der Waals surface area (Å²) in [4.78, 5) is 20.7. The lowest BCUT2D eigenvalue weighted by Crippen LogP contribution is -2.25. The summed E-state index contributed by atoms with van der Waals surface area (Å²) >= 11 is 1.61. The molecule has 0 spiro atoms. The average Bonchev–Trinajstić information content (AvgIpc) is 3.45. The zero-order valence-electron chi connectivity index (χ0n) is 18.2. The van der Waals surface area contributed by atoms with E-state index in [1.165, 1.54) is 17.1 Å². The van der Waals surface area contributed by atoms with Crippen LogP contribution in [0.4, 0.5) is 17.6 Å². The Labute approximate surface area is 202 Å². The van der Waals surface area contributed by atoms with Crippen LogP contribution in [0.3, 0.4) is 0 Å². The van der Waals surface area contributed by atoms with Crippen molar-refractivity contribution < 1.29 is 35.9 Å². The fourth-order valence-electron chi connectivity index (χ4n) is 4.26. The zero-order chi connectivity index (χ0) is 25.5. The molecule has 0 saturated carbocycles. The Kier molecular flexibility index (Phi) is 6.68. The van der Waals surface area contributed by atoms with Crippen LogP contribution in [0.25, 0.3) is 11.1 Å². The fourth-order valence-corrected chi connectivity index (χ4v) is 7.28. The molecule has 1 saturated heterocycles. The van der Waals surface area contributed by atoms with E-state index in [0.29, 0.717) is 18.0 Å². The molecule has 7 nitrogen and oxygen atoms in total. The Morgan fingerprint density at radius 1 is 1.17 bits per heavy atom. The molecule has 1 N–H and O–H groups in total. The number of fused-ring (bicyclic) bond motifs is 3. The summed E-state index contributed by atoms with van der Waals surface area (Å²) in [6.07, 6.45) is -3.61. The second-order valence-corrected chi connectivity index (χ2v) is 11.2. The first kappa shape index (κ1) is 25.2.